The Balaban J connectivity index is 2.28. The standard InChI is InChI=1S/C12H16N2O3/c1-17-12(16)14-7-8-4-9(2-3-15)11(14)10(5-8)6-13/h4,8,10-11,15H,2-3,5,7H2,1H3/t8-,10-,11+/m0/s1. The molecule has 1 saturated heterocycles. The molecular formula is C12H16N2O3. The molecule has 0 spiro atoms. The van der Waals surface area contributed by atoms with Gasteiger partial charge in [-0.25, -0.2) is 4.79 Å². The third-order valence-corrected chi connectivity index (χ3v) is 3.51. The molecule has 5 heteroatoms. The molecule has 1 aliphatic carbocycles. The minimum absolute atomic E-state index is 0.0439. The Morgan fingerprint density at radius 3 is 3.12 bits per heavy atom. The summed E-state index contributed by atoms with van der Waals surface area (Å²) in [6.45, 7) is 0.659. The average molecular weight is 236 g/mol. The Labute approximate surface area is 100 Å². The second kappa shape index (κ2) is 4.76. The number of carbonyl (C=O) groups is 1. The number of nitrogens with zero attached hydrogens (tertiary/aromatic N) is 2. The predicted molar refractivity (Wildman–Crippen MR) is 59.9 cm³/mol. The number of amides is 1. The summed E-state index contributed by atoms with van der Waals surface area (Å²) in [6.07, 6.45) is 3.04. The lowest BCUT2D eigenvalue weighted by molar-refractivity contribution is 0.0655. The zero-order valence-corrected chi connectivity index (χ0v) is 9.80. The van der Waals surface area contributed by atoms with E-state index in [9.17, 15) is 4.79 Å². The van der Waals surface area contributed by atoms with E-state index in [1.165, 1.54) is 7.11 Å². The molecule has 2 bridgehead atoms. The van der Waals surface area contributed by atoms with Gasteiger partial charge in [-0.05, 0) is 24.3 Å². The van der Waals surface area contributed by atoms with Crippen molar-refractivity contribution in [3.05, 3.63) is 11.6 Å². The van der Waals surface area contributed by atoms with E-state index in [1.807, 2.05) is 0 Å². The van der Waals surface area contributed by atoms with E-state index in [0.717, 1.165) is 12.0 Å². The van der Waals surface area contributed by atoms with E-state index < -0.39 is 0 Å². The fourth-order valence-corrected chi connectivity index (χ4v) is 2.88. The maximum atomic E-state index is 11.7. The molecule has 0 aromatic carbocycles. The Morgan fingerprint density at radius 1 is 1.76 bits per heavy atom. The largest absolute Gasteiger partial charge is 0.453 e. The molecule has 1 amide bonds. The minimum Gasteiger partial charge on any atom is -0.453 e. The first-order chi connectivity index (χ1) is 8.21. The minimum atomic E-state index is -0.386. The van der Waals surface area contributed by atoms with E-state index in [0.29, 0.717) is 13.0 Å². The van der Waals surface area contributed by atoms with Gasteiger partial charge >= 0.3 is 6.09 Å². The van der Waals surface area contributed by atoms with Gasteiger partial charge in [0.15, 0.2) is 0 Å². The number of ether oxygens (including phenoxy) is 1. The quantitative estimate of drug-likeness (QED) is 0.723. The van der Waals surface area contributed by atoms with Crippen molar-refractivity contribution in [3.63, 3.8) is 0 Å². The highest BCUT2D eigenvalue weighted by Crippen LogP contribution is 2.39. The van der Waals surface area contributed by atoms with Gasteiger partial charge in [-0.2, -0.15) is 5.26 Å². The Hall–Kier alpha value is -1.54. The Morgan fingerprint density at radius 2 is 2.53 bits per heavy atom. The number of fused-ring (bicyclic) bond motifs is 2. The van der Waals surface area contributed by atoms with Crippen LogP contribution in [-0.2, 0) is 4.74 Å². The molecule has 0 aromatic heterocycles. The maximum absolute atomic E-state index is 11.7. The van der Waals surface area contributed by atoms with E-state index >= 15 is 0 Å². The number of aliphatic hydroxyl groups excluding tert-OH is 1. The van der Waals surface area contributed by atoms with Crippen LogP contribution in [0.15, 0.2) is 11.6 Å². The highest BCUT2D eigenvalue weighted by molar-refractivity contribution is 5.69. The lowest BCUT2D eigenvalue weighted by atomic mass is 9.73. The van der Waals surface area contributed by atoms with Crippen LogP contribution in [0.3, 0.4) is 0 Å². The molecule has 1 fully saturated rings. The van der Waals surface area contributed by atoms with Crippen molar-refractivity contribution in [3.8, 4) is 6.07 Å². The zero-order chi connectivity index (χ0) is 12.4. The van der Waals surface area contributed by atoms with Crippen LogP contribution >= 0.6 is 0 Å². The molecule has 17 heavy (non-hydrogen) atoms. The highest BCUT2D eigenvalue weighted by Gasteiger charge is 2.44. The van der Waals surface area contributed by atoms with Crippen molar-refractivity contribution >= 4 is 6.09 Å². The smallest absolute Gasteiger partial charge is 0.410 e. The van der Waals surface area contributed by atoms with Crippen LogP contribution in [0.5, 0.6) is 0 Å². The number of nitriles is 1. The number of hydrogen-bond donors (Lipinski definition) is 1. The fourth-order valence-electron chi connectivity index (χ4n) is 2.88. The number of methoxy groups -OCH3 is 1. The Kier molecular flexibility index (Phi) is 3.34. The van der Waals surface area contributed by atoms with Crippen molar-refractivity contribution in [2.24, 2.45) is 11.8 Å². The second-order valence-electron chi connectivity index (χ2n) is 4.51. The van der Waals surface area contributed by atoms with Crippen LogP contribution in [-0.4, -0.2) is 42.4 Å². The molecule has 1 N–H and O–H groups in total. The highest BCUT2D eigenvalue weighted by atomic mass is 16.5. The molecule has 3 atom stereocenters. The lowest BCUT2D eigenvalue weighted by Crippen LogP contribution is -2.54. The van der Waals surface area contributed by atoms with Gasteiger partial charge in [0.2, 0.25) is 0 Å². The molecule has 0 unspecified atom stereocenters. The molecule has 3 rings (SSSR count). The fraction of sp³-hybridized carbons (Fsp3) is 0.667. The first-order valence-electron chi connectivity index (χ1n) is 5.77. The topological polar surface area (TPSA) is 73.6 Å². The predicted octanol–water partition coefficient (Wildman–Crippen LogP) is 0.905. The van der Waals surface area contributed by atoms with Crippen LogP contribution < -0.4 is 0 Å². The molecule has 5 nitrogen and oxygen atoms in total. The SMILES string of the molecule is COC(=O)N1C[C@H]2C=C(CCO)[C@@H]1[C@H](C#N)C2. The van der Waals surface area contributed by atoms with Gasteiger partial charge < -0.3 is 9.84 Å². The van der Waals surface area contributed by atoms with Gasteiger partial charge in [0.25, 0.3) is 0 Å². The van der Waals surface area contributed by atoms with E-state index in [1.54, 1.807) is 4.90 Å². The summed E-state index contributed by atoms with van der Waals surface area (Å²) in [5.41, 5.74) is 0.993. The van der Waals surface area contributed by atoms with Crippen LogP contribution in [0, 0.1) is 23.2 Å². The molecular weight excluding hydrogens is 220 g/mol. The van der Waals surface area contributed by atoms with Gasteiger partial charge in [-0.1, -0.05) is 6.08 Å². The molecule has 2 aliphatic heterocycles. The van der Waals surface area contributed by atoms with Crippen molar-refractivity contribution < 1.29 is 14.6 Å². The summed E-state index contributed by atoms with van der Waals surface area (Å²) in [7, 11) is 1.35. The van der Waals surface area contributed by atoms with Crippen molar-refractivity contribution in [2.75, 3.05) is 20.3 Å². The summed E-state index contributed by atoms with van der Waals surface area (Å²) < 4.78 is 4.75. The van der Waals surface area contributed by atoms with Crippen molar-refractivity contribution in [1.29, 1.82) is 5.26 Å². The first-order valence-corrected chi connectivity index (χ1v) is 5.77. The molecule has 0 saturated carbocycles. The van der Waals surface area contributed by atoms with Gasteiger partial charge in [0, 0.05) is 13.2 Å². The Bertz CT molecular complexity index is 386. The van der Waals surface area contributed by atoms with Crippen LogP contribution in [0.1, 0.15) is 12.8 Å². The number of carbonyl (C=O) groups excluding carboxylic acids is 1. The van der Waals surface area contributed by atoms with Crippen molar-refractivity contribution in [1.82, 2.24) is 4.90 Å². The van der Waals surface area contributed by atoms with E-state index in [-0.39, 0.29) is 30.6 Å². The molecule has 0 aromatic rings. The first kappa shape index (κ1) is 11.9. The van der Waals surface area contributed by atoms with Crippen LogP contribution in [0.2, 0.25) is 0 Å². The molecule has 0 radical (unpaired) electrons. The molecule has 92 valence electrons. The summed E-state index contributed by atoms with van der Waals surface area (Å²) in [4.78, 5) is 13.3. The van der Waals surface area contributed by atoms with Gasteiger partial charge in [0.05, 0.1) is 25.1 Å². The summed E-state index contributed by atoms with van der Waals surface area (Å²) in [5, 5.41) is 18.2. The lowest BCUT2D eigenvalue weighted by Gasteiger charge is -2.46. The van der Waals surface area contributed by atoms with E-state index in [2.05, 4.69) is 12.1 Å². The normalized spacial score (nSPS) is 30.8. The number of hydrogen-bond acceptors (Lipinski definition) is 4. The molecule has 2 heterocycles. The van der Waals surface area contributed by atoms with Gasteiger partial charge in [0.1, 0.15) is 0 Å². The summed E-state index contributed by atoms with van der Waals surface area (Å²) in [5.74, 6) is 0.0321. The second-order valence-corrected chi connectivity index (χ2v) is 4.51. The number of aliphatic hydroxyl groups is 1. The average Bonchev–Trinajstić information content (AvgIpc) is 2.37. The third kappa shape index (κ3) is 2.01. The van der Waals surface area contributed by atoms with Crippen LogP contribution in [0.4, 0.5) is 4.79 Å². The summed E-state index contributed by atoms with van der Waals surface area (Å²) >= 11 is 0. The monoisotopic (exact) mass is 236 g/mol. The maximum Gasteiger partial charge on any atom is 0.410 e. The zero-order valence-electron chi connectivity index (χ0n) is 9.80. The van der Waals surface area contributed by atoms with E-state index in [4.69, 9.17) is 15.1 Å². The summed E-state index contributed by atoms with van der Waals surface area (Å²) in [6, 6.07) is 2.04. The van der Waals surface area contributed by atoms with Gasteiger partial charge in [-0.15, -0.1) is 0 Å². The number of rotatable bonds is 2. The third-order valence-electron chi connectivity index (χ3n) is 3.51. The molecule has 3 aliphatic rings. The van der Waals surface area contributed by atoms with Crippen molar-refractivity contribution in [2.45, 2.75) is 18.9 Å². The van der Waals surface area contributed by atoms with Gasteiger partial charge in [-0.3, -0.25) is 4.90 Å². The van der Waals surface area contributed by atoms with Crippen LogP contribution in [0.25, 0.3) is 0 Å². The number of piperidine rings is 1.